The molecule has 1 aromatic rings. The molecule has 1 atom stereocenters. The van der Waals surface area contributed by atoms with Gasteiger partial charge in [0.1, 0.15) is 17.5 Å². The zero-order valence-electron chi connectivity index (χ0n) is 8.60. The smallest absolute Gasteiger partial charge is 0.147 e. The number of hydrogen-bond donors (Lipinski definition) is 2. The second kappa shape index (κ2) is 4.08. The van der Waals surface area contributed by atoms with Crippen LogP contribution in [0.4, 0.5) is 0 Å². The molecule has 6 nitrogen and oxygen atoms in total. The van der Waals surface area contributed by atoms with Gasteiger partial charge in [-0.05, 0) is 20.8 Å². The van der Waals surface area contributed by atoms with Gasteiger partial charge in [0.2, 0.25) is 0 Å². The van der Waals surface area contributed by atoms with E-state index in [1.54, 1.807) is 4.68 Å². The molecule has 0 radical (unpaired) electrons. The summed E-state index contributed by atoms with van der Waals surface area (Å²) >= 11 is 0. The van der Waals surface area contributed by atoms with Crippen molar-refractivity contribution in [3.63, 3.8) is 0 Å². The minimum atomic E-state index is 0.0482. The molecule has 0 aliphatic rings. The van der Waals surface area contributed by atoms with Crippen LogP contribution in [0.5, 0.6) is 0 Å². The highest BCUT2D eigenvalue weighted by atomic mass is 16.4. The molecule has 3 N–H and O–H groups in total. The van der Waals surface area contributed by atoms with Crippen molar-refractivity contribution in [3.05, 3.63) is 11.6 Å². The fourth-order valence-electron chi connectivity index (χ4n) is 1.38. The number of aromatic nitrogens is 3. The van der Waals surface area contributed by atoms with Gasteiger partial charge >= 0.3 is 0 Å². The summed E-state index contributed by atoms with van der Waals surface area (Å²) < 4.78 is 1.77. The molecule has 0 saturated carbocycles. The molecule has 1 rings (SSSR count). The standard InChI is InChI=1S/C8H15N5O/c1-5(4-8(9)12-14)13-7(3)10-6(2)11-13/h5,14H,4H2,1-3H3,(H2,9,12). The van der Waals surface area contributed by atoms with Crippen molar-refractivity contribution >= 4 is 5.84 Å². The Hall–Kier alpha value is -1.59. The summed E-state index contributed by atoms with van der Waals surface area (Å²) in [6.07, 6.45) is 0.458. The Morgan fingerprint density at radius 1 is 1.64 bits per heavy atom. The van der Waals surface area contributed by atoms with Gasteiger partial charge in [-0.3, -0.25) is 0 Å². The van der Waals surface area contributed by atoms with Gasteiger partial charge in [0, 0.05) is 6.42 Å². The molecule has 0 aliphatic heterocycles. The Balaban J connectivity index is 2.79. The highest BCUT2D eigenvalue weighted by molar-refractivity contribution is 5.79. The lowest BCUT2D eigenvalue weighted by Crippen LogP contribution is -2.19. The first-order chi connectivity index (χ1) is 6.54. The summed E-state index contributed by atoms with van der Waals surface area (Å²) in [7, 11) is 0. The van der Waals surface area contributed by atoms with Crippen LogP contribution in [0.25, 0.3) is 0 Å². The van der Waals surface area contributed by atoms with Crippen LogP contribution in [0.3, 0.4) is 0 Å². The molecular weight excluding hydrogens is 182 g/mol. The highest BCUT2D eigenvalue weighted by Crippen LogP contribution is 2.11. The van der Waals surface area contributed by atoms with Crippen molar-refractivity contribution in [3.8, 4) is 0 Å². The number of hydrogen-bond acceptors (Lipinski definition) is 4. The van der Waals surface area contributed by atoms with E-state index >= 15 is 0 Å². The molecule has 1 aromatic heterocycles. The largest absolute Gasteiger partial charge is 0.409 e. The summed E-state index contributed by atoms with van der Waals surface area (Å²) in [5.41, 5.74) is 5.41. The lowest BCUT2D eigenvalue weighted by atomic mass is 10.2. The van der Waals surface area contributed by atoms with Crippen LogP contribution >= 0.6 is 0 Å². The van der Waals surface area contributed by atoms with Gasteiger partial charge < -0.3 is 10.9 Å². The summed E-state index contributed by atoms with van der Waals surface area (Å²) in [6.45, 7) is 5.65. The minimum Gasteiger partial charge on any atom is -0.409 e. The van der Waals surface area contributed by atoms with Crippen LogP contribution in [0.15, 0.2) is 5.16 Å². The maximum absolute atomic E-state index is 8.42. The number of rotatable bonds is 3. The Labute approximate surface area is 82.4 Å². The van der Waals surface area contributed by atoms with Gasteiger partial charge in [0.25, 0.3) is 0 Å². The summed E-state index contributed by atoms with van der Waals surface area (Å²) in [5.74, 6) is 1.76. The van der Waals surface area contributed by atoms with E-state index in [4.69, 9.17) is 10.9 Å². The Kier molecular flexibility index (Phi) is 3.06. The SMILES string of the molecule is Cc1nc(C)n(C(C)CC(N)=NO)n1. The number of amidine groups is 1. The van der Waals surface area contributed by atoms with Crippen molar-refractivity contribution in [1.82, 2.24) is 14.8 Å². The van der Waals surface area contributed by atoms with Crippen LogP contribution in [0.2, 0.25) is 0 Å². The van der Waals surface area contributed by atoms with Crippen molar-refractivity contribution < 1.29 is 5.21 Å². The lowest BCUT2D eigenvalue weighted by molar-refractivity contribution is 0.315. The van der Waals surface area contributed by atoms with Gasteiger partial charge in [0.15, 0.2) is 0 Å². The molecular formula is C8H15N5O. The van der Waals surface area contributed by atoms with Gasteiger partial charge in [-0.25, -0.2) is 9.67 Å². The maximum atomic E-state index is 8.42. The molecule has 0 aromatic carbocycles. The number of nitrogens with zero attached hydrogens (tertiary/aromatic N) is 4. The molecule has 78 valence electrons. The Morgan fingerprint density at radius 3 is 2.71 bits per heavy atom. The van der Waals surface area contributed by atoms with E-state index in [-0.39, 0.29) is 11.9 Å². The van der Waals surface area contributed by atoms with Crippen LogP contribution < -0.4 is 5.73 Å². The average molecular weight is 197 g/mol. The quantitative estimate of drug-likeness (QED) is 0.321. The van der Waals surface area contributed by atoms with Crippen molar-refractivity contribution in [1.29, 1.82) is 0 Å². The van der Waals surface area contributed by atoms with Gasteiger partial charge in [-0.2, -0.15) is 5.10 Å². The third-order valence-corrected chi connectivity index (χ3v) is 1.96. The summed E-state index contributed by atoms with van der Waals surface area (Å²) in [4.78, 5) is 4.17. The van der Waals surface area contributed by atoms with Crippen molar-refractivity contribution in [2.45, 2.75) is 33.2 Å². The van der Waals surface area contributed by atoms with Gasteiger partial charge in [0.05, 0.1) is 6.04 Å². The first-order valence-corrected chi connectivity index (χ1v) is 4.40. The van der Waals surface area contributed by atoms with E-state index in [0.717, 1.165) is 11.6 Å². The topological polar surface area (TPSA) is 89.3 Å². The normalized spacial score (nSPS) is 14.4. The number of oxime groups is 1. The maximum Gasteiger partial charge on any atom is 0.147 e. The second-order valence-electron chi connectivity index (χ2n) is 3.30. The number of nitrogens with two attached hydrogens (primary N) is 1. The average Bonchev–Trinajstić information content (AvgIpc) is 2.45. The third kappa shape index (κ3) is 2.21. The Morgan fingerprint density at radius 2 is 2.29 bits per heavy atom. The molecule has 1 unspecified atom stereocenters. The van der Waals surface area contributed by atoms with Crippen LogP contribution in [-0.2, 0) is 0 Å². The fraction of sp³-hybridized carbons (Fsp3) is 0.625. The van der Waals surface area contributed by atoms with E-state index in [1.165, 1.54) is 0 Å². The fourth-order valence-corrected chi connectivity index (χ4v) is 1.38. The van der Waals surface area contributed by atoms with E-state index < -0.39 is 0 Å². The van der Waals surface area contributed by atoms with Crippen LogP contribution in [0, 0.1) is 13.8 Å². The zero-order chi connectivity index (χ0) is 10.7. The lowest BCUT2D eigenvalue weighted by Gasteiger charge is -2.11. The predicted molar refractivity (Wildman–Crippen MR) is 52.2 cm³/mol. The molecule has 0 aliphatic carbocycles. The monoisotopic (exact) mass is 197 g/mol. The summed E-state index contributed by atoms with van der Waals surface area (Å²) in [6, 6.07) is 0.0482. The molecule has 0 bridgehead atoms. The molecule has 14 heavy (non-hydrogen) atoms. The first-order valence-electron chi connectivity index (χ1n) is 4.40. The molecule has 0 saturated heterocycles. The van der Waals surface area contributed by atoms with E-state index in [0.29, 0.717) is 6.42 Å². The molecule has 1 heterocycles. The van der Waals surface area contributed by atoms with Crippen LogP contribution in [-0.4, -0.2) is 25.8 Å². The minimum absolute atomic E-state index is 0.0482. The van der Waals surface area contributed by atoms with Gasteiger partial charge in [-0.1, -0.05) is 5.16 Å². The molecule has 0 fully saturated rings. The second-order valence-corrected chi connectivity index (χ2v) is 3.30. The van der Waals surface area contributed by atoms with E-state index in [9.17, 15) is 0 Å². The number of aryl methyl sites for hydroxylation is 2. The van der Waals surface area contributed by atoms with E-state index in [2.05, 4.69) is 15.2 Å². The third-order valence-electron chi connectivity index (χ3n) is 1.96. The predicted octanol–water partition coefficient (Wildman–Crippen LogP) is 0.592. The highest BCUT2D eigenvalue weighted by Gasteiger charge is 2.11. The molecule has 0 amide bonds. The van der Waals surface area contributed by atoms with Crippen molar-refractivity contribution in [2.24, 2.45) is 10.9 Å². The Bertz CT molecular complexity index is 344. The van der Waals surface area contributed by atoms with E-state index in [1.807, 2.05) is 20.8 Å². The molecule has 0 spiro atoms. The zero-order valence-corrected chi connectivity index (χ0v) is 8.60. The van der Waals surface area contributed by atoms with Gasteiger partial charge in [-0.15, -0.1) is 0 Å². The molecule has 6 heteroatoms. The van der Waals surface area contributed by atoms with Crippen LogP contribution in [0.1, 0.15) is 31.0 Å². The summed E-state index contributed by atoms with van der Waals surface area (Å²) in [5, 5.41) is 15.6. The van der Waals surface area contributed by atoms with Crippen molar-refractivity contribution in [2.75, 3.05) is 0 Å². The first kappa shape index (κ1) is 10.5.